The minimum Gasteiger partial charge on any atom is -0.484 e. The van der Waals surface area contributed by atoms with Crippen LogP contribution >= 0.6 is 0 Å². The van der Waals surface area contributed by atoms with E-state index >= 15 is 0 Å². The van der Waals surface area contributed by atoms with Gasteiger partial charge in [0.15, 0.2) is 6.61 Å². The Labute approximate surface area is 154 Å². The van der Waals surface area contributed by atoms with Gasteiger partial charge in [-0.15, -0.1) is 0 Å². The molecule has 1 aliphatic heterocycles. The van der Waals surface area contributed by atoms with Gasteiger partial charge >= 0.3 is 0 Å². The number of methoxy groups -OCH3 is 1. The summed E-state index contributed by atoms with van der Waals surface area (Å²) in [7, 11) is 1.59. The molecule has 2 amide bonds. The van der Waals surface area contributed by atoms with Crippen molar-refractivity contribution in [3.05, 3.63) is 29.8 Å². The predicted molar refractivity (Wildman–Crippen MR) is 97.1 cm³/mol. The van der Waals surface area contributed by atoms with Crippen molar-refractivity contribution in [3.63, 3.8) is 0 Å². The van der Waals surface area contributed by atoms with Crippen LogP contribution in [-0.2, 0) is 19.1 Å². The molecular weight excluding hydrogens is 336 g/mol. The molecule has 26 heavy (non-hydrogen) atoms. The lowest BCUT2D eigenvalue weighted by Gasteiger charge is -2.22. The van der Waals surface area contributed by atoms with Crippen LogP contribution in [0.4, 0.5) is 0 Å². The first kappa shape index (κ1) is 20.2. The van der Waals surface area contributed by atoms with Gasteiger partial charge in [-0.2, -0.15) is 0 Å². The number of carbonyl (C=O) groups excluding carboxylic acids is 2. The zero-order valence-electron chi connectivity index (χ0n) is 15.6. The Balaban J connectivity index is 1.73. The first-order chi connectivity index (χ1) is 12.6. The molecule has 0 N–H and O–H groups in total. The van der Waals surface area contributed by atoms with Gasteiger partial charge in [0.1, 0.15) is 12.4 Å². The topological polar surface area (TPSA) is 68.3 Å². The van der Waals surface area contributed by atoms with E-state index in [0.29, 0.717) is 45.1 Å². The number of benzene rings is 1. The van der Waals surface area contributed by atoms with E-state index in [4.69, 9.17) is 14.2 Å². The highest BCUT2D eigenvalue weighted by molar-refractivity contribution is 5.79. The molecule has 0 radical (unpaired) electrons. The normalized spacial score (nSPS) is 14.8. The number of nitrogens with zero attached hydrogens (tertiary/aromatic N) is 2. The molecule has 0 bridgehead atoms. The molecule has 1 aromatic rings. The molecule has 7 nitrogen and oxygen atoms in total. The van der Waals surface area contributed by atoms with Gasteiger partial charge in [0.25, 0.3) is 5.91 Å². The highest BCUT2D eigenvalue weighted by Crippen LogP contribution is 2.12. The second-order valence-corrected chi connectivity index (χ2v) is 6.26. The summed E-state index contributed by atoms with van der Waals surface area (Å²) in [5.41, 5.74) is 1.15. The van der Waals surface area contributed by atoms with Gasteiger partial charge in [0.2, 0.25) is 5.91 Å². The van der Waals surface area contributed by atoms with Crippen LogP contribution in [0.3, 0.4) is 0 Å². The fourth-order valence-corrected chi connectivity index (χ4v) is 2.68. The van der Waals surface area contributed by atoms with Crippen molar-refractivity contribution in [1.29, 1.82) is 0 Å². The summed E-state index contributed by atoms with van der Waals surface area (Å²) in [5, 5.41) is 0. The first-order valence-electron chi connectivity index (χ1n) is 8.92. The summed E-state index contributed by atoms with van der Waals surface area (Å²) in [6, 6.07) is 7.61. The highest BCUT2D eigenvalue weighted by Gasteiger charge is 2.22. The van der Waals surface area contributed by atoms with Crippen molar-refractivity contribution in [1.82, 2.24) is 9.80 Å². The van der Waals surface area contributed by atoms with E-state index in [1.807, 2.05) is 31.2 Å². The van der Waals surface area contributed by atoms with Crippen LogP contribution in [0.15, 0.2) is 24.3 Å². The van der Waals surface area contributed by atoms with Crippen LogP contribution < -0.4 is 4.74 Å². The molecule has 144 valence electrons. The van der Waals surface area contributed by atoms with E-state index in [1.165, 1.54) is 0 Å². The quantitative estimate of drug-likeness (QED) is 0.646. The molecule has 1 aromatic carbocycles. The van der Waals surface area contributed by atoms with E-state index in [-0.39, 0.29) is 25.0 Å². The summed E-state index contributed by atoms with van der Waals surface area (Å²) in [5.74, 6) is 0.575. The molecule has 1 fully saturated rings. The highest BCUT2D eigenvalue weighted by atomic mass is 16.5. The minimum atomic E-state index is -0.0591. The lowest BCUT2D eigenvalue weighted by atomic mass is 10.2. The van der Waals surface area contributed by atoms with E-state index in [2.05, 4.69) is 0 Å². The number of hydrogen-bond donors (Lipinski definition) is 0. The zero-order valence-corrected chi connectivity index (χ0v) is 15.6. The van der Waals surface area contributed by atoms with E-state index in [0.717, 1.165) is 12.0 Å². The molecule has 0 aliphatic carbocycles. The SMILES string of the molecule is COCCOCC(=O)N1CCCN(C(=O)COc2ccc(C)cc2)CC1. The van der Waals surface area contributed by atoms with E-state index in [1.54, 1.807) is 16.9 Å². The standard InChI is InChI=1S/C19H28N2O5/c1-16-4-6-17(7-5-16)26-15-19(23)21-9-3-8-20(10-11-21)18(22)14-25-13-12-24-2/h4-7H,3,8-15H2,1-2H3. The number of rotatable bonds is 8. The average molecular weight is 364 g/mol. The van der Waals surface area contributed by atoms with Crippen LogP contribution in [0.5, 0.6) is 5.75 Å². The summed E-state index contributed by atoms with van der Waals surface area (Å²) in [6.07, 6.45) is 0.750. The van der Waals surface area contributed by atoms with Gasteiger partial charge in [0, 0.05) is 33.3 Å². The summed E-state index contributed by atoms with van der Waals surface area (Å²) in [4.78, 5) is 28.0. The van der Waals surface area contributed by atoms with Crippen LogP contribution in [0.2, 0.25) is 0 Å². The summed E-state index contributed by atoms with van der Waals surface area (Å²) >= 11 is 0. The molecular formula is C19H28N2O5. The third kappa shape index (κ3) is 6.65. The van der Waals surface area contributed by atoms with E-state index in [9.17, 15) is 9.59 Å². The van der Waals surface area contributed by atoms with Gasteiger partial charge in [-0.25, -0.2) is 0 Å². The molecule has 0 atom stereocenters. The lowest BCUT2D eigenvalue weighted by Crippen LogP contribution is -2.40. The number of carbonyl (C=O) groups is 2. The van der Waals surface area contributed by atoms with Crippen LogP contribution in [-0.4, -0.2) is 81.3 Å². The third-order valence-corrected chi connectivity index (χ3v) is 4.24. The Morgan fingerprint density at radius 1 is 0.923 bits per heavy atom. The van der Waals surface area contributed by atoms with Crippen molar-refractivity contribution in [2.45, 2.75) is 13.3 Å². The van der Waals surface area contributed by atoms with Gasteiger partial charge < -0.3 is 24.0 Å². The molecule has 0 saturated carbocycles. The second-order valence-electron chi connectivity index (χ2n) is 6.26. The molecule has 1 saturated heterocycles. The van der Waals surface area contributed by atoms with Crippen molar-refractivity contribution >= 4 is 11.8 Å². The second kappa shape index (κ2) is 10.8. The molecule has 0 unspecified atom stereocenters. The monoisotopic (exact) mass is 364 g/mol. The zero-order chi connectivity index (χ0) is 18.8. The predicted octanol–water partition coefficient (Wildman–Crippen LogP) is 1.10. The molecule has 1 aliphatic rings. The largest absolute Gasteiger partial charge is 0.484 e. The summed E-state index contributed by atoms with van der Waals surface area (Å²) in [6.45, 7) is 5.22. The molecule has 1 heterocycles. The average Bonchev–Trinajstić information content (AvgIpc) is 2.91. The van der Waals surface area contributed by atoms with Gasteiger partial charge in [-0.3, -0.25) is 9.59 Å². The Hall–Kier alpha value is -2.12. The van der Waals surface area contributed by atoms with Gasteiger partial charge in [-0.05, 0) is 25.5 Å². The molecule has 2 rings (SSSR count). The maximum Gasteiger partial charge on any atom is 0.260 e. The van der Waals surface area contributed by atoms with Gasteiger partial charge in [-0.1, -0.05) is 17.7 Å². The van der Waals surface area contributed by atoms with E-state index < -0.39 is 0 Å². The molecule has 0 aromatic heterocycles. The van der Waals surface area contributed by atoms with Crippen molar-refractivity contribution in [3.8, 4) is 5.75 Å². The third-order valence-electron chi connectivity index (χ3n) is 4.24. The Kier molecular flexibility index (Phi) is 8.37. The van der Waals surface area contributed by atoms with Crippen LogP contribution in [0.1, 0.15) is 12.0 Å². The number of aryl methyl sites for hydroxylation is 1. The Morgan fingerprint density at radius 2 is 1.54 bits per heavy atom. The number of ether oxygens (including phenoxy) is 3. The maximum absolute atomic E-state index is 12.4. The Morgan fingerprint density at radius 3 is 2.15 bits per heavy atom. The van der Waals surface area contributed by atoms with Crippen LogP contribution in [0, 0.1) is 6.92 Å². The number of amides is 2. The minimum absolute atomic E-state index is 0.0110. The Bertz CT molecular complexity index is 576. The van der Waals surface area contributed by atoms with Crippen molar-refractivity contribution in [2.24, 2.45) is 0 Å². The first-order valence-corrected chi connectivity index (χ1v) is 8.92. The van der Waals surface area contributed by atoms with Gasteiger partial charge in [0.05, 0.1) is 13.2 Å². The van der Waals surface area contributed by atoms with Crippen molar-refractivity contribution in [2.75, 3.05) is 59.7 Å². The van der Waals surface area contributed by atoms with Crippen LogP contribution in [0.25, 0.3) is 0 Å². The number of hydrogen-bond acceptors (Lipinski definition) is 5. The molecule has 7 heteroatoms. The maximum atomic E-state index is 12.4. The fraction of sp³-hybridized carbons (Fsp3) is 0.579. The molecule has 0 spiro atoms. The summed E-state index contributed by atoms with van der Waals surface area (Å²) < 4.78 is 15.7. The lowest BCUT2D eigenvalue weighted by molar-refractivity contribution is -0.137. The smallest absolute Gasteiger partial charge is 0.260 e. The van der Waals surface area contributed by atoms with Crippen molar-refractivity contribution < 1.29 is 23.8 Å². The fourth-order valence-electron chi connectivity index (χ4n) is 2.68.